The van der Waals surface area contributed by atoms with Gasteiger partial charge in [-0.15, -0.1) is 0 Å². The lowest BCUT2D eigenvalue weighted by Crippen LogP contribution is -2.41. The van der Waals surface area contributed by atoms with Gasteiger partial charge in [0.05, 0.1) is 6.04 Å². The van der Waals surface area contributed by atoms with Crippen LogP contribution < -0.4 is 11.3 Å². The maximum absolute atomic E-state index is 5.40. The molecule has 1 unspecified atom stereocenters. The molecule has 0 spiro atoms. The van der Waals surface area contributed by atoms with Gasteiger partial charge in [0.1, 0.15) is 0 Å². The van der Waals surface area contributed by atoms with Crippen LogP contribution >= 0.6 is 11.9 Å². The van der Waals surface area contributed by atoms with Crippen molar-refractivity contribution < 1.29 is 0 Å². The van der Waals surface area contributed by atoms with E-state index in [2.05, 4.69) is 30.6 Å². The highest BCUT2D eigenvalue weighted by atomic mass is 32.2. The molecule has 0 rings (SSSR count). The standard InChI is InChI=1S/C9H21N3S/c1-5-7(3)9(8(4)11-10)12-13-6-2/h7-8,11H,5-6,10H2,1-4H3/t7-,8?/m1/s1. The molecule has 0 aliphatic carbocycles. The molecular weight excluding hydrogens is 182 g/mol. The predicted molar refractivity (Wildman–Crippen MR) is 61.8 cm³/mol. The van der Waals surface area contributed by atoms with Gasteiger partial charge in [0.15, 0.2) is 0 Å². The first-order chi connectivity index (χ1) is 6.17. The average molecular weight is 203 g/mol. The second kappa shape index (κ2) is 7.35. The zero-order valence-electron chi connectivity index (χ0n) is 9.00. The van der Waals surface area contributed by atoms with Gasteiger partial charge in [-0.3, -0.25) is 11.3 Å². The predicted octanol–water partition coefficient (Wildman–Crippen LogP) is 1.99. The molecule has 4 heteroatoms. The lowest BCUT2D eigenvalue weighted by Gasteiger charge is -2.18. The summed E-state index contributed by atoms with van der Waals surface area (Å²) in [4.78, 5) is 0. The van der Waals surface area contributed by atoms with Crippen LogP contribution in [0.15, 0.2) is 4.40 Å². The summed E-state index contributed by atoms with van der Waals surface area (Å²) in [6, 6.07) is 0.175. The Kier molecular flexibility index (Phi) is 7.32. The lowest BCUT2D eigenvalue weighted by atomic mass is 9.98. The van der Waals surface area contributed by atoms with Crippen molar-refractivity contribution in [2.45, 2.75) is 40.2 Å². The van der Waals surface area contributed by atoms with Gasteiger partial charge in [-0.1, -0.05) is 20.8 Å². The molecule has 0 aromatic heterocycles. The molecule has 13 heavy (non-hydrogen) atoms. The van der Waals surface area contributed by atoms with Crippen LogP contribution in [0.2, 0.25) is 0 Å². The molecule has 0 radical (unpaired) electrons. The minimum atomic E-state index is 0.175. The number of rotatable bonds is 6. The number of hydrogen-bond donors (Lipinski definition) is 2. The summed E-state index contributed by atoms with van der Waals surface area (Å²) in [5, 5.41) is 0. The van der Waals surface area contributed by atoms with Gasteiger partial charge < -0.3 is 0 Å². The maximum atomic E-state index is 5.40. The van der Waals surface area contributed by atoms with Gasteiger partial charge in [0.25, 0.3) is 0 Å². The van der Waals surface area contributed by atoms with E-state index in [0.717, 1.165) is 17.9 Å². The van der Waals surface area contributed by atoms with Crippen molar-refractivity contribution in [3.05, 3.63) is 0 Å². The van der Waals surface area contributed by atoms with Crippen molar-refractivity contribution in [3.63, 3.8) is 0 Å². The van der Waals surface area contributed by atoms with Crippen LogP contribution in [0.3, 0.4) is 0 Å². The van der Waals surface area contributed by atoms with Crippen LogP contribution in [-0.4, -0.2) is 17.5 Å². The molecule has 0 aromatic rings. The average Bonchev–Trinajstić information content (AvgIpc) is 2.17. The van der Waals surface area contributed by atoms with E-state index >= 15 is 0 Å². The SMILES string of the molecule is CCSN=C(C(C)NN)[C@H](C)CC. The summed E-state index contributed by atoms with van der Waals surface area (Å²) in [5.74, 6) is 6.91. The van der Waals surface area contributed by atoms with Crippen molar-refractivity contribution >= 4 is 17.7 Å². The highest BCUT2D eigenvalue weighted by Gasteiger charge is 2.14. The third-order valence-corrected chi connectivity index (χ3v) is 2.71. The number of hydrazine groups is 1. The highest BCUT2D eigenvalue weighted by molar-refractivity contribution is 7.98. The maximum Gasteiger partial charge on any atom is 0.0574 e. The van der Waals surface area contributed by atoms with E-state index in [4.69, 9.17) is 5.84 Å². The Labute approximate surface area is 85.7 Å². The fraction of sp³-hybridized carbons (Fsp3) is 0.889. The minimum absolute atomic E-state index is 0.175. The number of nitrogens with one attached hydrogen (secondary N) is 1. The Morgan fingerprint density at radius 1 is 1.46 bits per heavy atom. The zero-order valence-corrected chi connectivity index (χ0v) is 9.82. The monoisotopic (exact) mass is 203 g/mol. The second-order valence-corrected chi connectivity index (χ2v) is 4.15. The summed E-state index contributed by atoms with van der Waals surface area (Å²) in [7, 11) is 0. The fourth-order valence-electron chi connectivity index (χ4n) is 1.03. The second-order valence-electron chi connectivity index (χ2n) is 3.13. The molecule has 0 heterocycles. The van der Waals surface area contributed by atoms with E-state index in [0.29, 0.717) is 5.92 Å². The first kappa shape index (κ1) is 12.9. The summed E-state index contributed by atoms with van der Waals surface area (Å²) in [6.45, 7) is 8.49. The summed E-state index contributed by atoms with van der Waals surface area (Å²) < 4.78 is 4.47. The minimum Gasteiger partial charge on any atom is -0.271 e. The largest absolute Gasteiger partial charge is 0.271 e. The third-order valence-electron chi connectivity index (χ3n) is 2.11. The van der Waals surface area contributed by atoms with Crippen LogP contribution in [0.25, 0.3) is 0 Å². The molecule has 2 atom stereocenters. The van der Waals surface area contributed by atoms with Crippen molar-refractivity contribution in [2.24, 2.45) is 16.2 Å². The highest BCUT2D eigenvalue weighted by Crippen LogP contribution is 2.12. The van der Waals surface area contributed by atoms with Crippen LogP contribution in [0.5, 0.6) is 0 Å². The smallest absolute Gasteiger partial charge is 0.0574 e. The third kappa shape index (κ3) is 4.64. The van der Waals surface area contributed by atoms with Gasteiger partial charge in [0.2, 0.25) is 0 Å². The van der Waals surface area contributed by atoms with Crippen molar-refractivity contribution in [2.75, 3.05) is 5.75 Å². The number of hydrogen-bond acceptors (Lipinski definition) is 4. The van der Waals surface area contributed by atoms with Gasteiger partial charge in [0, 0.05) is 11.5 Å². The first-order valence-electron chi connectivity index (χ1n) is 4.83. The van der Waals surface area contributed by atoms with Crippen LogP contribution in [0, 0.1) is 5.92 Å². The molecule has 3 nitrogen and oxygen atoms in total. The topological polar surface area (TPSA) is 50.4 Å². The lowest BCUT2D eigenvalue weighted by molar-refractivity contribution is 0.637. The summed E-state index contributed by atoms with van der Waals surface area (Å²) >= 11 is 1.60. The molecule has 78 valence electrons. The van der Waals surface area contributed by atoms with Crippen LogP contribution in [-0.2, 0) is 0 Å². The quantitative estimate of drug-likeness (QED) is 0.300. The van der Waals surface area contributed by atoms with Gasteiger partial charge in [-0.25, -0.2) is 4.40 Å². The van der Waals surface area contributed by atoms with E-state index < -0.39 is 0 Å². The Balaban J connectivity index is 4.34. The van der Waals surface area contributed by atoms with Crippen molar-refractivity contribution in [3.8, 4) is 0 Å². The normalized spacial score (nSPS) is 17.2. The number of nitrogens with zero attached hydrogens (tertiary/aromatic N) is 1. The van der Waals surface area contributed by atoms with Gasteiger partial charge in [-0.2, -0.15) is 0 Å². The van der Waals surface area contributed by atoms with Crippen molar-refractivity contribution in [1.82, 2.24) is 5.43 Å². The van der Waals surface area contributed by atoms with Crippen molar-refractivity contribution in [1.29, 1.82) is 0 Å². The number of nitrogens with two attached hydrogens (primary N) is 1. The summed E-state index contributed by atoms with van der Waals surface area (Å²) in [5.41, 5.74) is 3.91. The van der Waals surface area contributed by atoms with Crippen LogP contribution in [0.4, 0.5) is 0 Å². The molecule has 0 saturated carbocycles. The fourth-order valence-corrected chi connectivity index (χ4v) is 1.65. The molecule has 0 aromatic carbocycles. The molecule has 0 amide bonds. The first-order valence-corrected chi connectivity index (χ1v) is 5.77. The molecule has 0 fully saturated rings. The van der Waals surface area contributed by atoms with Crippen LogP contribution in [0.1, 0.15) is 34.1 Å². The molecule has 0 bridgehead atoms. The molecule has 0 saturated heterocycles. The Morgan fingerprint density at radius 2 is 2.08 bits per heavy atom. The van der Waals surface area contributed by atoms with E-state index in [1.165, 1.54) is 0 Å². The van der Waals surface area contributed by atoms with E-state index in [1.807, 2.05) is 6.92 Å². The summed E-state index contributed by atoms with van der Waals surface area (Å²) in [6.07, 6.45) is 1.11. The Hall–Kier alpha value is -0.0600. The molecule has 0 aliphatic rings. The Morgan fingerprint density at radius 3 is 2.46 bits per heavy atom. The van der Waals surface area contributed by atoms with E-state index in [1.54, 1.807) is 11.9 Å². The van der Waals surface area contributed by atoms with E-state index in [9.17, 15) is 0 Å². The molecule has 0 aliphatic heterocycles. The Bertz CT molecular complexity index is 147. The zero-order chi connectivity index (χ0) is 10.3. The molecule has 3 N–H and O–H groups in total. The van der Waals surface area contributed by atoms with Gasteiger partial charge in [-0.05, 0) is 31.2 Å². The molecular formula is C9H21N3S. The van der Waals surface area contributed by atoms with Gasteiger partial charge >= 0.3 is 0 Å². The van der Waals surface area contributed by atoms with E-state index in [-0.39, 0.29) is 6.04 Å².